The minimum atomic E-state index is -0.0896. The lowest BCUT2D eigenvalue weighted by Crippen LogP contribution is -2.36. The smallest absolute Gasteiger partial charge is 0.260 e. The number of rotatable bonds is 6. The molecule has 5 heteroatoms. The summed E-state index contributed by atoms with van der Waals surface area (Å²) in [5.74, 6) is 0.796. The Morgan fingerprint density at radius 1 is 1.23 bits per heavy atom. The summed E-state index contributed by atoms with van der Waals surface area (Å²) in [6.07, 6.45) is 3.83. The fraction of sp³-hybridized carbons (Fsp3) is 0.333. The molecule has 5 nitrogen and oxygen atoms in total. The summed E-state index contributed by atoms with van der Waals surface area (Å²) in [6.45, 7) is -0.0774. The number of ether oxygens (including phenoxy) is 2. The van der Waals surface area contributed by atoms with Gasteiger partial charge in [0, 0.05) is 12.6 Å². The zero-order valence-electron chi connectivity index (χ0n) is 15.1. The van der Waals surface area contributed by atoms with Gasteiger partial charge in [0.2, 0.25) is 0 Å². The van der Waals surface area contributed by atoms with Crippen LogP contribution in [0.2, 0.25) is 0 Å². The number of fused-ring (bicyclic) bond motifs is 1. The van der Waals surface area contributed by atoms with Crippen molar-refractivity contribution in [1.29, 1.82) is 0 Å². The van der Waals surface area contributed by atoms with Crippen molar-refractivity contribution in [2.24, 2.45) is 0 Å². The third-order valence-electron chi connectivity index (χ3n) is 4.87. The van der Waals surface area contributed by atoms with Gasteiger partial charge in [-0.2, -0.15) is 0 Å². The van der Waals surface area contributed by atoms with Crippen LogP contribution in [0.5, 0.6) is 11.5 Å². The van der Waals surface area contributed by atoms with Crippen LogP contribution in [0, 0.1) is 0 Å². The Kier molecular flexibility index (Phi) is 5.56. The molecule has 0 heterocycles. The molecule has 0 fully saturated rings. The Labute approximate surface area is 153 Å². The van der Waals surface area contributed by atoms with Crippen molar-refractivity contribution >= 4 is 12.2 Å². The maximum Gasteiger partial charge on any atom is 0.260 e. The Morgan fingerprint density at radius 2 is 2.04 bits per heavy atom. The number of nitrogens with zero attached hydrogens (tertiary/aromatic N) is 1. The molecule has 1 aliphatic carbocycles. The van der Waals surface area contributed by atoms with Gasteiger partial charge in [-0.15, -0.1) is 0 Å². The van der Waals surface area contributed by atoms with E-state index in [-0.39, 0.29) is 18.6 Å². The highest BCUT2D eigenvalue weighted by molar-refractivity contribution is 5.79. The zero-order valence-corrected chi connectivity index (χ0v) is 15.1. The van der Waals surface area contributed by atoms with Gasteiger partial charge in [-0.1, -0.05) is 24.3 Å². The van der Waals surface area contributed by atoms with Crippen LogP contribution in [0.1, 0.15) is 40.4 Å². The molecule has 0 bridgehead atoms. The van der Waals surface area contributed by atoms with Crippen LogP contribution < -0.4 is 9.47 Å². The summed E-state index contributed by atoms with van der Waals surface area (Å²) >= 11 is 0. The molecule has 2 aromatic carbocycles. The van der Waals surface area contributed by atoms with Gasteiger partial charge in [0.15, 0.2) is 18.1 Å². The normalized spacial score (nSPS) is 15.7. The van der Waals surface area contributed by atoms with Gasteiger partial charge in [0.25, 0.3) is 5.91 Å². The van der Waals surface area contributed by atoms with Crippen molar-refractivity contribution < 1.29 is 19.1 Å². The van der Waals surface area contributed by atoms with Crippen molar-refractivity contribution in [2.45, 2.75) is 25.3 Å². The van der Waals surface area contributed by atoms with Crippen molar-refractivity contribution in [3.63, 3.8) is 0 Å². The monoisotopic (exact) mass is 353 g/mol. The lowest BCUT2D eigenvalue weighted by atomic mass is 9.87. The van der Waals surface area contributed by atoms with E-state index in [4.69, 9.17) is 9.47 Å². The first kappa shape index (κ1) is 18.0. The highest BCUT2D eigenvalue weighted by atomic mass is 16.5. The number of methoxy groups -OCH3 is 1. The molecular formula is C21H23NO4. The molecule has 0 aliphatic heterocycles. The van der Waals surface area contributed by atoms with E-state index in [0.717, 1.165) is 25.5 Å². The van der Waals surface area contributed by atoms with Crippen LogP contribution in [0.4, 0.5) is 0 Å². The Hall–Kier alpha value is -2.82. The van der Waals surface area contributed by atoms with Crippen LogP contribution in [-0.2, 0) is 11.2 Å². The maximum atomic E-state index is 12.7. The highest BCUT2D eigenvalue weighted by Gasteiger charge is 2.26. The quantitative estimate of drug-likeness (QED) is 0.747. The first-order chi connectivity index (χ1) is 12.6. The van der Waals surface area contributed by atoms with E-state index in [1.807, 2.05) is 19.2 Å². The average molecular weight is 353 g/mol. The summed E-state index contributed by atoms with van der Waals surface area (Å²) in [4.78, 5) is 25.3. The van der Waals surface area contributed by atoms with E-state index < -0.39 is 0 Å². The first-order valence-electron chi connectivity index (χ1n) is 8.73. The highest BCUT2D eigenvalue weighted by Crippen LogP contribution is 2.33. The molecule has 26 heavy (non-hydrogen) atoms. The zero-order chi connectivity index (χ0) is 18.5. The molecule has 1 atom stereocenters. The van der Waals surface area contributed by atoms with Gasteiger partial charge in [0.1, 0.15) is 6.29 Å². The van der Waals surface area contributed by atoms with Crippen LogP contribution in [0.25, 0.3) is 0 Å². The number of hydrogen-bond donors (Lipinski definition) is 0. The number of hydrogen-bond acceptors (Lipinski definition) is 4. The number of benzene rings is 2. The van der Waals surface area contributed by atoms with Crippen molar-refractivity contribution in [3.8, 4) is 11.5 Å². The lowest BCUT2D eigenvalue weighted by Gasteiger charge is -2.33. The van der Waals surface area contributed by atoms with E-state index in [1.165, 1.54) is 18.2 Å². The Balaban J connectivity index is 1.68. The first-order valence-corrected chi connectivity index (χ1v) is 8.73. The van der Waals surface area contributed by atoms with Gasteiger partial charge in [-0.05, 0) is 48.6 Å². The molecule has 1 unspecified atom stereocenters. The predicted molar refractivity (Wildman–Crippen MR) is 98.8 cm³/mol. The van der Waals surface area contributed by atoms with E-state index in [2.05, 4.69) is 12.1 Å². The number of carbonyl (C=O) groups is 2. The molecule has 0 spiro atoms. The van der Waals surface area contributed by atoms with Gasteiger partial charge in [0.05, 0.1) is 13.2 Å². The third kappa shape index (κ3) is 3.72. The third-order valence-corrected chi connectivity index (χ3v) is 4.87. The van der Waals surface area contributed by atoms with E-state index in [0.29, 0.717) is 17.1 Å². The van der Waals surface area contributed by atoms with Crippen molar-refractivity contribution in [2.75, 3.05) is 20.8 Å². The molecule has 0 radical (unpaired) electrons. The van der Waals surface area contributed by atoms with Crippen molar-refractivity contribution in [3.05, 3.63) is 59.2 Å². The minimum absolute atomic E-state index is 0.0774. The number of likely N-dealkylation sites (N-methyl/N-ethyl adjacent to an activating group) is 1. The van der Waals surface area contributed by atoms with E-state index >= 15 is 0 Å². The molecule has 1 amide bonds. The maximum absolute atomic E-state index is 12.7. The summed E-state index contributed by atoms with van der Waals surface area (Å²) in [5.41, 5.74) is 3.04. The molecule has 0 N–H and O–H groups in total. The number of carbonyl (C=O) groups excluding carboxylic acids is 2. The molecule has 2 aromatic rings. The second-order valence-corrected chi connectivity index (χ2v) is 6.43. The van der Waals surface area contributed by atoms with Crippen molar-refractivity contribution in [1.82, 2.24) is 4.90 Å². The van der Waals surface area contributed by atoms with Gasteiger partial charge < -0.3 is 14.4 Å². The summed E-state index contributed by atoms with van der Waals surface area (Å²) in [5, 5.41) is 0. The number of aryl methyl sites for hydroxylation is 1. The Morgan fingerprint density at radius 3 is 2.81 bits per heavy atom. The summed E-state index contributed by atoms with van der Waals surface area (Å²) in [7, 11) is 3.33. The van der Waals surface area contributed by atoms with Gasteiger partial charge in [-0.25, -0.2) is 0 Å². The largest absolute Gasteiger partial charge is 0.493 e. The fourth-order valence-corrected chi connectivity index (χ4v) is 3.42. The van der Waals surface area contributed by atoms with E-state index in [9.17, 15) is 9.59 Å². The molecular weight excluding hydrogens is 330 g/mol. The number of amides is 1. The van der Waals surface area contributed by atoms with Crippen LogP contribution in [0.15, 0.2) is 42.5 Å². The molecule has 136 valence electrons. The van der Waals surface area contributed by atoms with Crippen LogP contribution in [-0.4, -0.2) is 37.9 Å². The average Bonchev–Trinajstić information content (AvgIpc) is 2.70. The molecule has 0 saturated carbocycles. The summed E-state index contributed by atoms with van der Waals surface area (Å²) in [6, 6.07) is 13.2. The SMILES string of the molecule is COc1cc(C=O)ccc1OCC(=O)N(C)C1CCCc2ccccc21. The van der Waals surface area contributed by atoms with Crippen LogP contribution in [0.3, 0.4) is 0 Å². The molecule has 0 saturated heterocycles. The number of aldehydes is 1. The predicted octanol–water partition coefficient (Wildman–Crippen LogP) is 3.42. The molecule has 3 rings (SSSR count). The Bertz CT molecular complexity index is 802. The second kappa shape index (κ2) is 8.04. The van der Waals surface area contributed by atoms with Crippen LogP contribution >= 0.6 is 0 Å². The topological polar surface area (TPSA) is 55.8 Å². The molecule has 1 aliphatic rings. The standard InChI is InChI=1S/C21H23NO4/c1-22(18-9-5-7-16-6-3-4-8-17(16)18)21(24)14-26-19-11-10-15(13-23)12-20(19)25-2/h3-4,6,8,10-13,18H,5,7,9,14H2,1-2H3. The minimum Gasteiger partial charge on any atom is -0.493 e. The second-order valence-electron chi connectivity index (χ2n) is 6.43. The fourth-order valence-electron chi connectivity index (χ4n) is 3.42. The van der Waals surface area contributed by atoms with Gasteiger partial charge >= 0.3 is 0 Å². The lowest BCUT2D eigenvalue weighted by molar-refractivity contribution is -0.134. The summed E-state index contributed by atoms with van der Waals surface area (Å²) < 4.78 is 10.9. The molecule has 0 aromatic heterocycles. The van der Waals surface area contributed by atoms with E-state index in [1.54, 1.807) is 23.1 Å². The van der Waals surface area contributed by atoms with Gasteiger partial charge in [-0.3, -0.25) is 9.59 Å².